The minimum atomic E-state index is 0.637. The minimum Gasteiger partial charge on any atom is -0.456 e. The van der Waals surface area contributed by atoms with E-state index in [0.29, 0.717) is 17.5 Å². The molecular weight excluding hydrogens is 669 g/mol. The van der Waals surface area contributed by atoms with E-state index in [1.807, 2.05) is 24.3 Å². The Morgan fingerprint density at radius 1 is 0.321 bits per heavy atom. The summed E-state index contributed by atoms with van der Waals surface area (Å²) in [6.45, 7) is 0. The van der Waals surface area contributed by atoms with E-state index in [4.69, 9.17) is 19.4 Å². The molecule has 0 amide bonds. The molecule has 7 aromatic carbocycles. The molecule has 0 unspecified atom stereocenters. The lowest BCUT2D eigenvalue weighted by molar-refractivity contribution is 0.669. The lowest BCUT2D eigenvalue weighted by Gasteiger charge is -2.26. The van der Waals surface area contributed by atoms with Gasteiger partial charge in [0.2, 0.25) is 0 Å². The molecule has 0 aliphatic carbocycles. The molecule has 0 atom stereocenters. The first kappa shape index (κ1) is 36.2. The molecule has 2 heterocycles. The Morgan fingerprint density at radius 2 is 0.768 bits per heavy atom. The molecule has 56 heavy (non-hydrogen) atoms. The van der Waals surface area contributed by atoms with E-state index < -0.39 is 0 Å². The summed E-state index contributed by atoms with van der Waals surface area (Å²) in [5, 5.41) is 7.02. The van der Waals surface area contributed by atoms with Crippen molar-refractivity contribution in [3.05, 3.63) is 84.9 Å². The van der Waals surface area contributed by atoms with Crippen molar-refractivity contribution >= 4 is 190 Å². The topological polar surface area (TPSA) is 51.8 Å². The average molecular weight is 706 g/mol. The van der Waals surface area contributed by atoms with Gasteiger partial charge >= 0.3 is 0 Å². The molecule has 9 rings (SSSR count). The van der Waals surface area contributed by atoms with Crippen molar-refractivity contribution in [1.82, 2.24) is 15.0 Å². The summed E-state index contributed by atoms with van der Waals surface area (Å²) in [4.78, 5) is 16.5. The Bertz CT molecular complexity index is 3150. The summed E-state index contributed by atoms with van der Waals surface area (Å²) in [6, 6.07) is 29.9. The quantitative estimate of drug-likeness (QED) is 0.171. The Labute approximate surface area is 338 Å². The van der Waals surface area contributed by atoms with Crippen LogP contribution < -0.4 is 60.1 Å². The van der Waals surface area contributed by atoms with Gasteiger partial charge in [0.15, 0.2) is 17.5 Å². The molecule has 0 fully saturated rings. The molecule has 0 spiro atoms. The van der Waals surface area contributed by atoms with E-state index in [9.17, 15) is 0 Å². The van der Waals surface area contributed by atoms with Crippen LogP contribution in [0, 0.1) is 0 Å². The summed E-state index contributed by atoms with van der Waals surface area (Å²) in [7, 11) is 24.7. The number of rotatable bonds is 4. The Hall–Kier alpha value is -5.42. The molecular formula is C41H36B11N3O. The van der Waals surface area contributed by atoms with Crippen LogP contribution in [0.3, 0.4) is 0 Å². The van der Waals surface area contributed by atoms with Crippen molar-refractivity contribution in [2.45, 2.75) is 0 Å². The monoisotopic (exact) mass is 707 g/mol. The van der Waals surface area contributed by atoms with Gasteiger partial charge in [0, 0.05) is 27.5 Å². The van der Waals surface area contributed by atoms with Crippen LogP contribution >= 0.6 is 0 Å². The minimum absolute atomic E-state index is 0.637. The first-order valence-corrected chi connectivity index (χ1v) is 19.6. The molecule has 9 aromatic rings. The van der Waals surface area contributed by atoms with Gasteiger partial charge in [-0.05, 0) is 44.8 Å². The summed E-state index contributed by atoms with van der Waals surface area (Å²) in [6.07, 6.45) is 0. The normalized spacial score (nSPS) is 11.6. The number of hydrogen-bond acceptors (Lipinski definition) is 4. The molecule has 2 aromatic heterocycles. The van der Waals surface area contributed by atoms with Crippen LogP contribution in [0.15, 0.2) is 89.3 Å². The average Bonchev–Trinajstić information content (AvgIpc) is 3.60. The maximum absolute atomic E-state index is 6.39. The molecule has 0 bridgehead atoms. The molecule has 0 aliphatic heterocycles. The molecule has 0 radical (unpaired) electrons. The molecule has 0 N–H and O–H groups in total. The largest absolute Gasteiger partial charge is 0.456 e. The number of benzene rings is 7. The van der Waals surface area contributed by atoms with Crippen LogP contribution in [-0.4, -0.2) is 101 Å². The van der Waals surface area contributed by atoms with Crippen LogP contribution in [0.5, 0.6) is 0 Å². The van der Waals surface area contributed by atoms with Gasteiger partial charge in [-0.1, -0.05) is 111 Å². The lowest BCUT2D eigenvalue weighted by Crippen LogP contribution is -2.55. The number of hydrogen-bond donors (Lipinski definition) is 0. The number of para-hydroxylation sites is 1. The van der Waals surface area contributed by atoms with Crippen LogP contribution in [0.2, 0.25) is 0 Å². The second-order valence-corrected chi connectivity index (χ2v) is 15.9. The summed E-state index contributed by atoms with van der Waals surface area (Å²) in [5.41, 5.74) is 21.1. The third-order valence-electron chi connectivity index (χ3n) is 13.3. The highest BCUT2D eigenvalue weighted by Gasteiger charge is 2.26. The third kappa shape index (κ3) is 5.26. The van der Waals surface area contributed by atoms with Crippen molar-refractivity contribution < 1.29 is 4.42 Å². The highest BCUT2D eigenvalue weighted by atomic mass is 16.3. The second kappa shape index (κ2) is 13.4. The van der Waals surface area contributed by atoms with Crippen molar-refractivity contribution in [2.75, 3.05) is 0 Å². The fourth-order valence-electron chi connectivity index (χ4n) is 9.26. The van der Waals surface area contributed by atoms with Crippen molar-refractivity contribution in [3.8, 4) is 45.3 Å². The highest BCUT2D eigenvalue weighted by molar-refractivity contribution is 6.70. The van der Waals surface area contributed by atoms with Crippen LogP contribution in [0.1, 0.15) is 0 Å². The maximum atomic E-state index is 6.39. The zero-order chi connectivity index (χ0) is 39.3. The van der Waals surface area contributed by atoms with E-state index >= 15 is 0 Å². The van der Waals surface area contributed by atoms with Crippen molar-refractivity contribution in [3.63, 3.8) is 0 Å². The van der Waals surface area contributed by atoms with Crippen LogP contribution in [-0.2, 0) is 0 Å². The van der Waals surface area contributed by atoms with Gasteiger partial charge in [0.25, 0.3) is 0 Å². The molecule has 0 saturated carbocycles. The number of nitrogens with zero attached hydrogens (tertiary/aromatic N) is 3. The fourth-order valence-corrected chi connectivity index (χ4v) is 9.26. The molecule has 0 saturated heterocycles. The zero-order valence-corrected chi connectivity index (χ0v) is 34.3. The highest BCUT2D eigenvalue weighted by Crippen LogP contribution is 2.37. The lowest BCUT2D eigenvalue weighted by atomic mass is 9.60. The first-order chi connectivity index (χ1) is 26.9. The zero-order valence-electron chi connectivity index (χ0n) is 34.3. The number of fused-ring (bicyclic) bond motifs is 5. The fraction of sp³-hybridized carbons (Fsp3) is 0. The summed E-state index contributed by atoms with van der Waals surface area (Å²) < 4.78 is 6.39. The van der Waals surface area contributed by atoms with E-state index in [-0.39, 0.29) is 0 Å². The Kier molecular flexibility index (Phi) is 8.65. The van der Waals surface area contributed by atoms with Gasteiger partial charge < -0.3 is 4.42 Å². The predicted molar refractivity (Wildman–Crippen MR) is 274 cm³/mol. The van der Waals surface area contributed by atoms with E-state index in [1.165, 1.54) is 92.8 Å². The van der Waals surface area contributed by atoms with Gasteiger partial charge in [-0.2, -0.15) is 0 Å². The Balaban J connectivity index is 1.46. The van der Waals surface area contributed by atoms with Crippen LogP contribution in [0.4, 0.5) is 0 Å². The van der Waals surface area contributed by atoms with Gasteiger partial charge in [-0.3, -0.25) is 0 Å². The van der Waals surface area contributed by atoms with E-state index in [0.717, 1.165) is 38.6 Å². The van der Waals surface area contributed by atoms with Crippen molar-refractivity contribution in [2.24, 2.45) is 0 Å². The SMILES string of the molecule is Bc1c(B)c(B)c(-c2nc(-c3c(B)c(B)c(B)c4c(-c5cccc6ccccc56)c(B)c(B)c(B)c34)nc(-c3cccc4oc5ccccc5c34)n2)c(B)c1B. The number of aromatic nitrogens is 3. The van der Waals surface area contributed by atoms with Crippen LogP contribution in [0.25, 0.3) is 88.8 Å². The first-order valence-electron chi connectivity index (χ1n) is 19.6. The van der Waals surface area contributed by atoms with Gasteiger partial charge in [-0.25, -0.2) is 15.0 Å². The van der Waals surface area contributed by atoms with E-state index in [1.54, 1.807) is 0 Å². The number of furan rings is 1. The van der Waals surface area contributed by atoms with Crippen molar-refractivity contribution in [1.29, 1.82) is 0 Å². The van der Waals surface area contributed by atoms with Gasteiger partial charge in [0.05, 0.1) is 0 Å². The van der Waals surface area contributed by atoms with Gasteiger partial charge in [0.1, 0.15) is 97.5 Å². The molecule has 0 aliphatic rings. The molecule has 4 nitrogen and oxygen atoms in total. The summed E-state index contributed by atoms with van der Waals surface area (Å²) in [5.74, 6) is 2.02. The van der Waals surface area contributed by atoms with Gasteiger partial charge in [-0.15, -0.1) is 21.9 Å². The Morgan fingerprint density at radius 3 is 1.46 bits per heavy atom. The smallest absolute Gasteiger partial charge is 0.164 e. The third-order valence-corrected chi connectivity index (χ3v) is 13.3. The molecule has 254 valence electrons. The predicted octanol–water partition coefficient (Wildman–Crippen LogP) is -8.41. The second-order valence-electron chi connectivity index (χ2n) is 15.9. The molecule has 15 heteroatoms. The summed E-state index contributed by atoms with van der Waals surface area (Å²) >= 11 is 0. The standard InChI is InChI=1S/C41H36B11N3O/c42-28-23(17-11-5-8-15-7-1-2-9-16(15)17)24-25(30(44)34(28)48)26(31(45)35(49)29(24)43)40-53-39(19-12-6-14-21-22(19)18-10-3-4-13-20(18)56-21)54-41(55-40)27-32(46)36(50)38(52)37(51)33(27)47/h1-14H,42-52H2. The van der Waals surface area contributed by atoms with E-state index in [2.05, 4.69) is 147 Å². The maximum Gasteiger partial charge on any atom is 0.164 e.